The minimum Gasteiger partial charge on any atom is -0.492 e. The summed E-state index contributed by atoms with van der Waals surface area (Å²) in [6, 6.07) is 8.69. The Bertz CT molecular complexity index is 350. The minimum atomic E-state index is 0.529. The molecule has 1 unspecified atom stereocenters. The van der Waals surface area contributed by atoms with Gasteiger partial charge in [-0.25, -0.2) is 0 Å². The Kier molecular flexibility index (Phi) is 5.99. The Balaban J connectivity index is 2.33. The van der Waals surface area contributed by atoms with Crippen molar-refractivity contribution in [1.29, 1.82) is 0 Å². The summed E-state index contributed by atoms with van der Waals surface area (Å²) in [6.07, 6.45) is 0. The zero-order valence-electron chi connectivity index (χ0n) is 12.2. The van der Waals surface area contributed by atoms with Crippen molar-refractivity contribution in [2.45, 2.75) is 26.8 Å². The van der Waals surface area contributed by atoms with Crippen LogP contribution in [0.15, 0.2) is 24.3 Å². The summed E-state index contributed by atoms with van der Waals surface area (Å²) in [5, 5.41) is 3.45. The molecule has 18 heavy (non-hydrogen) atoms. The Hall–Kier alpha value is -1.22. The molecule has 1 aromatic rings. The van der Waals surface area contributed by atoms with Crippen molar-refractivity contribution in [2.24, 2.45) is 5.92 Å². The Morgan fingerprint density at radius 1 is 1.22 bits per heavy atom. The quantitative estimate of drug-likeness (QED) is 0.753. The highest BCUT2D eigenvalue weighted by Gasteiger charge is 2.05. The van der Waals surface area contributed by atoms with Gasteiger partial charge in [-0.05, 0) is 25.0 Å². The van der Waals surface area contributed by atoms with Crippen LogP contribution in [0.3, 0.4) is 0 Å². The van der Waals surface area contributed by atoms with Gasteiger partial charge in [-0.3, -0.25) is 0 Å². The molecule has 0 aromatic heterocycles. The van der Waals surface area contributed by atoms with Crippen LogP contribution in [-0.4, -0.2) is 33.3 Å². The van der Waals surface area contributed by atoms with Crippen LogP contribution in [0.4, 0.5) is 5.69 Å². The molecule has 0 heterocycles. The number of nitrogens with zero attached hydrogens (tertiary/aromatic N) is 1. The highest BCUT2D eigenvalue weighted by molar-refractivity contribution is 5.49. The van der Waals surface area contributed by atoms with Gasteiger partial charge < -0.3 is 15.0 Å². The van der Waals surface area contributed by atoms with Crippen LogP contribution in [0, 0.1) is 5.92 Å². The molecule has 0 aliphatic heterocycles. The lowest BCUT2D eigenvalue weighted by Crippen LogP contribution is -2.33. The van der Waals surface area contributed by atoms with Crippen molar-refractivity contribution in [3.63, 3.8) is 0 Å². The predicted octanol–water partition coefficient (Wildman–Crippen LogP) is 2.77. The molecule has 0 aliphatic carbocycles. The summed E-state index contributed by atoms with van der Waals surface area (Å²) >= 11 is 0. The lowest BCUT2D eigenvalue weighted by molar-refractivity contribution is 0.297. The number of hydrogen-bond donors (Lipinski definition) is 1. The Morgan fingerprint density at radius 3 is 2.56 bits per heavy atom. The SMILES string of the molecule is CC(C)C(C)NCCOc1cccc(N(C)C)c1. The second kappa shape index (κ2) is 7.27. The van der Waals surface area contributed by atoms with Gasteiger partial charge >= 0.3 is 0 Å². The highest BCUT2D eigenvalue weighted by atomic mass is 16.5. The van der Waals surface area contributed by atoms with Gasteiger partial charge in [0, 0.05) is 38.4 Å². The van der Waals surface area contributed by atoms with Crippen molar-refractivity contribution < 1.29 is 4.74 Å². The first-order chi connectivity index (χ1) is 8.50. The first-order valence-corrected chi connectivity index (χ1v) is 6.64. The van der Waals surface area contributed by atoms with Gasteiger partial charge in [0.25, 0.3) is 0 Å². The molecular formula is C15H26N2O. The van der Waals surface area contributed by atoms with Gasteiger partial charge in [-0.15, -0.1) is 0 Å². The van der Waals surface area contributed by atoms with E-state index in [1.165, 1.54) is 0 Å². The first-order valence-electron chi connectivity index (χ1n) is 6.64. The average molecular weight is 250 g/mol. The van der Waals surface area contributed by atoms with E-state index in [1.807, 2.05) is 26.2 Å². The number of hydrogen-bond acceptors (Lipinski definition) is 3. The number of benzene rings is 1. The summed E-state index contributed by atoms with van der Waals surface area (Å²) in [6.45, 7) is 8.23. The summed E-state index contributed by atoms with van der Waals surface area (Å²) in [5.41, 5.74) is 1.16. The average Bonchev–Trinajstić information content (AvgIpc) is 2.34. The molecule has 102 valence electrons. The molecule has 1 aromatic carbocycles. The third-order valence-electron chi connectivity index (χ3n) is 3.17. The molecule has 0 fully saturated rings. The van der Waals surface area contributed by atoms with Gasteiger partial charge in [-0.1, -0.05) is 19.9 Å². The second-order valence-corrected chi connectivity index (χ2v) is 5.23. The third kappa shape index (κ3) is 4.96. The highest BCUT2D eigenvalue weighted by Crippen LogP contribution is 2.18. The molecule has 3 heteroatoms. The second-order valence-electron chi connectivity index (χ2n) is 5.23. The molecule has 0 radical (unpaired) electrons. The van der Waals surface area contributed by atoms with E-state index < -0.39 is 0 Å². The number of rotatable bonds is 7. The van der Waals surface area contributed by atoms with E-state index >= 15 is 0 Å². The van der Waals surface area contributed by atoms with Crippen LogP contribution < -0.4 is 15.0 Å². The maximum absolute atomic E-state index is 5.74. The van der Waals surface area contributed by atoms with Gasteiger partial charge in [0.2, 0.25) is 0 Å². The predicted molar refractivity (Wildman–Crippen MR) is 78.6 cm³/mol. The standard InChI is InChI=1S/C15H26N2O/c1-12(2)13(3)16-9-10-18-15-8-6-7-14(11-15)17(4)5/h6-8,11-13,16H,9-10H2,1-5H3. The summed E-state index contributed by atoms with van der Waals surface area (Å²) < 4.78 is 5.74. The maximum atomic E-state index is 5.74. The molecule has 0 spiro atoms. The molecular weight excluding hydrogens is 224 g/mol. The van der Waals surface area contributed by atoms with E-state index in [2.05, 4.69) is 43.1 Å². The van der Waals surface area contributed by atoms with Crippen LogP contribution >= 0.6 is 0 Å². The third-order valence-corrected chi connectivity index (χ3v) is 3.17. The lowest BCUT2D eigenvalue weighted by atomic mass is 10.1. The molecule has 0 aliphatic rings. The molecule has 1 rings (SSSR count). The molecule has 1 atom stereocenters. The monoisotopic (exact) mass is 250 g/mol. The van der Waals surface area contributed by atoms with Crippen LogP contribution in [0.25, 0.3) is 0 Å². The fraction of sp³-hybridized carbons (Fsp3) is 0.600. The topological polar surface area (TPSA) is 24.5 Å². The van der Waals surface area contributed by atoms with Crippen LogP contribution in [-0.2, 0) is 0 Å². The fourth-order valence-corrected chi connectivity index (χ4v) is 1.54. The molecule has 0 amide bonds. The van der Waals surface area contributed by atoms with E-state index in [1.54, 1.807) is 0 Å². The molecule has 0 saturated heterocycles. The van der Waals surface area contributed by atoms with E-state index in [4.69, 9.17) is 4.74 Å². The molecule has 0 saturated carbocycles. The molecule has 3 nitrogen and oxygen atoms in total. The van der Waals surface area contributed by atoms with E-state index in [9.17, 15) is 0 Å². The Morgan fingerprint density at radius 2 is 1.94 bits per heavy atom. The minimum absolute atomic E-state index is 0.529. The van der Waals surface area contributed by atoms with Gasteiger partial charge in [-0.2, -0.15) is 0 Å². The largest absolute Gasteiger partial charge is 0.492 e. The number of ether oxygens (including phenoxy) is 1. The van der Waals surface area contributed by atoms with E-state index in [-0.39, 0.29) is 0 Å². The number of anilines is 1. The lowest BCUT2D eigenvalue weighted by Gasteiger charge is -2.18. The fourth-order valence-electron chi connectivity index (χ4n) is 1.54. The van der Waals surface area contributed by atoms with Crippen LogP contribution in [0.1, 0.15) is 20.8 Å². The van der Waals surface area contributed by atoms with Gasteiger partial charge in [0.1, 0.15) is 12.4 Å². The summed E-state index contributed by atoms with van der Waals surface area (Å²) in [7, 11) is 4.07. The first kappa shape index (κ1) is 14.8. The summed E-state index contributed by atoms with van der Waals surface area (Å²) in [5.74, 6) is 1.59. The van der Waals surface area contributed by atoms with Crippen molar-refractivity contribution in [3.05, 3.63) is 24.3 Å². The normalized spacial score (nSPS) is 12.6. The Labute approximate surface area is 111 Å². The molecule has 1 N–H and O–H groups in total. The smallest absolute Gasteiger partial charge is 0.121 e. The maximum Gasteiger partial charge on any atom is 0.121 e. The molecule has 0 bridgehead atoms. The van der Waals surface area contributed by atoms with Crippen LogP contribution in [0.2, 0.25) is 0 Å². The van der Waals surface area contributed by atoms with E-state index in [0.717, 1.165) is 18.0 Å². The van der Waals surface area contributed by atoms with Crippen LogP contribution in [0.5, 0.6) is 5.75 Å². The summed E-state index contributed by atoms with van der Waals surface area (Å²) in [4.78, 5) is 2.08. The number of nitrogens with one attached hydrogen (secondary N) is 1. The van der Waals surface area contributed by atoms with E-state index in [0.29, 0.717) is 18.6 Å². The van der Waals surface area contributed by atoms with Crippen molar-refractivity contribution in [2.75, 3.05) is 32.1 Å². The zero-order valence-corrected chi connectivity index (χ0v) is 12.2. The van der Waals surface area contributed by atoms with Gasteiger partial charge in [0.15, 0.2) is 0 Å². The van der Waals surface area contributed by atoms with Gasteiger partial charge in [0.05, 0.1) is 0 Å². The zero-order chi connectivity index (χ0) is 13.5. The van der Waals surface area contributed by atoms with Crippen molar-refractivity contribution >= 4 is 5.69 Å². The van der Waals surface area contributed by atoms with Crippen molar-refractivity contribution in [1.82, 2.24) is 5.32 Å². The van der Waals surface area contributed by atoms with Crippen molar-refractivity contribution in [3.8, 4) is 5.75 Å².